The molecule has 43 heavy (non-hydrogen) atoms. The first kappa shape index (κ1) is 30.8. The summed E-state index contributed by atoms with van der Waals surface area (Å²) in [4.78, 5) is 29.7. The summed E-state index contributed by atoms with van der Waals surface area (Å²) in [5, 5.41) is 4.67. The van der Waals surface area contributed by atoms with Gasteiger partial charge < -0.3 is 10.2 Å². The van der Waals surface area contributed by atoms with Crippen LogP contribution in [0.3, 0.4) is 0 Å². The molecule has 4 aromatic carbocycles. The van der Waals surface area contributed by atoms with E-state index in [1.165, 1.54) is 4.31 Å². The summed E-state index contributed by atoms with van der Waals surface area (Å²) in [7, 11) is -3.72. The second kappa shape index (κ2) is 13.3. The van der Waals surface area contributed by atoms with Crippen LogP contribution in [0.15, 0.2) is 100 Å². The molecular weight excluding hydrogens is 626 g/mol. The molecule has 5 rings (SSSR count). The molecular formula is C34H36BrN3O4S. The van der Waals surface area contributed by atoms with Gasteiger partial charge in [-0.3, -0.25) is 13.9 Å². The van der Waals surface area contributed by atoms with Crippen molar-refractivity contribution in [1.82, 2.24) is 10.2 Å². The lowest BCUT2D eigenvalue weighted by atomic mass is 10.0. The molecule has 0 aliphatic carbocycles. The standard InChI is InChI=1S/C34H36BrN3O4S/c1-3-24(2)36-34(40)30(22-25-11-5-4-6-12-25)37(23-26-13-7-16-28(35)21-26)32(39)19-10-20-38-29-17-8-14-27-15-9-18-31(33(27)29)43(38,41)42/h4-9,11-18,21,24,30H,3,10,19-20,22-23H2,1-2H3,(H,36,40)/t24-,30-/m0/s1. The highest BCUT2D eigenvalue weighted by Crippen LogP contribution is 2.42. The van der Waals surface area contributed by atoms with Crippen LogP contribution in [0, 0.1) is 0 Å². The Balaban J connectivity index is 1.40. The molecule has 7 nitrogen and oxygen atoms in total. The van der Waals surface area contributed by atoms with Gasteiger partial charge in [-0.05, 0) is 60.5 Å². The largest absolute Gasteiger partial charge is 0.352 e. The van der Waals surface area contributed by atoms with Gasteiger partial charge >= 0.3 is 0 Å². The Morgan fingerprint density at radius 1 is 0.930 bits per heavy atom. The summed E-state index contributed by atoms with van der Waals surface area (Å²) >= 11 is 3.52. The number of nitrogens with one attached hydrogen (secondary N) is 1. The molecule has 0 bridgehead atoms. The fourth-order valence-electron chi connectivity index (χ4n) is 5.54. The molecule has 0 saturated heterocycles. The van der Waals surface area contributed by atoms with Crippen LogP contribution in [-0.2, 0) is 32.6 Å². The summed E-state index contributed by atoms with van der Waals surface area (Å²) in [5.41, 5.74) is 2.48. The predicted octanol–water partition coefficient (Wildman–Crippen LogP) is 6.45. The molecule has 0 unspecified atom stereocenters. The number of carbonyl (C=O) groups excluding carboxylic acids is 2. The summed E-state index contributed by atoms with van der Waals surface area (Å²) in [6, 6.07) is 27.5. The van der Waals surface area contributed by atoms with Gasteiger partial charge in [0.15, 0.2) is 0 Å². The van der Waals surface area contributed by atoms with Gasteiger partial charge in [-0.15, -0.1) is 0 Å². The highest BCUT2D eigenvalue weighted by atomic mass is 79.9. The molecule has 4 aromatic rings. The van der Waals surface area contributed by atoms with Gasteiger partial charge in [-0.1, -0.05) is 89.6 Å². The van der Waals surface area contributed by atoms with Crippen LogP contribution in [-0.4, -0.2) is 43.8 Å². The average molecular weight is 663 g/mol. The fourth-order valence-corrected chi connectivity index (χ4v) is 7.74. The zero-order valence-electron chi connectivity index (χ0n) is 24.4. The summed E-state index contributed by atoms with van der Waals surface area (Å²) in [5.74, 6) is -0.404. The molecule has 1 aliphatic rings. The van der Waals surface area contributed by atoms with Crippen molar-refractivity contribution in [1.29, 1.82) is 0 Å². The van der Waals surface area contributed by atoms with Gasteiger partial charge in [-0.25, -0.2) is 8.42 Å². The van der Waals surface area contributed by atoms with Crippen molar-refractivity contribution < 1.29 is 18.0 Å². The lowest BCUT2D eigenvalue weighted by molar-refractivity contribution is -0.141. The van der Waals surface area contributed by atoms with E-state index in [1.54, 1.807) is 17.0 Å². The van der Waals surface area contributed by atoms with Crippen LogP contribution in [0.4, 0.5) is 5.69 Å². The lowest BCUT2D eigenvalue weighted by Gasteiger charge is -2.32. The molecule has 0 spiro atoms. The molecule has 224 valence electrons. The van der Waals surface area contributed by atoms with E-state index in [9.17, 15) is 18.0 Å². The first-order valence-electron chi connectivity index (χ1n) is 14.6. The Kier molecular flexibility index (Phi) is 9.52. The van der Waals surface area contributed by atoms with E-state index < -0.39 is 16.1 Å². The normalized spacial score (nSPS) is 14.8. The number of sulfonamides is 1. The van der Waals surface area contributed by atoms with Crippen LogP contribution in [0.25, 0.3) is 10.8 Å². The van der Waals surface area contributed by atoms with Gasteiger partial charge in [0.05, 0.1) is 10.6 Å². The second-order valence-electron chi connectivity index (χ2n) is 11.0. The van der Waals surface area contributed by atoms with Crippen molar-refractivity contribution in [2.75, 3.05) is 10.8 Å². The van der Waals surface area contributed by atoms with Crippen molar-refractivity contribution in [3.63, 3.8) is 0 Å². The Labute approximate surface area is 262 Å². The quantitative estimate of drug-likeness (QED) is 0.189. The van der Waals surface area contributed by atoms with E-state index >= 15 is 0 Å². The van der Waals surface area contributed by atoms with Gasteiger partial charge in [0.25, 0.3) is 10.0 Å². The third-order valence-electron chi connectivity index (χ3n) is 7.95. The van der Waals surface area contributed by atoms with E-state index in [-0.39, 0.29) is 37.4 Å². The first-order chi connectivity index (χ1) is 20.7. The molecule has 2 amide bonds. The molecule has 0 radical (unpaired) electrons. The molecule has 0 aromatic heterocycles. The Morgan fingerprint density at radius 2 is 1.63 bits per heavy atom. The fraction of sp³-hybridized carbons (Fsp3) is 0.294. The van der Waals surface area contributed by atoms with E-state index in [0.717, 1.165) is 32.8 Å². The molecule has 9 heteroatoms. The topological polar surface area (TPSA) is 86.8 Å². The zero-order chi connectivity index (χ0) is 30.6. The van der Waals surface area contributed by atoms with Gasteiger partial charge in [0.1, 0.15) is 6.04 Å². The van der Waals surface area contributed by atoms with Crippen molar-refractivity contribution >= 4 is 54.2 Å². The number of halogens is 1. The van der Waals surface area contributed by atoms with Gasteiger partial charge in [-0.2, -0.15) is 0 Å². The minimum absolute atomic E-state index is 0.0432. The number of rotatable bonds is 12. The highest BCUT2D eigenvalue weighted by molar-refractivity contribution is 9.10. The van der Waals surface area contributed by atoms with Crippen LogP contribution < -0.4 is 9.62 Å². The van der Waals surface area contributed by atoms with Gasteiger partial charge in [0.2, 0.25) is 11.8 Å². The number of carbonyl (C=O) groups is 2. The lowest BCUT2D eigenvalue weighted by Crippen LogP contribution is -2.52. The number of hydrogen-bond acceptors (Lipinski definition) is 4. The van der Waals surface area contributed by atoms with Crippen molar-refractivity contribution in [3.05, 3.63) is 107 Å². The smallest absolute Gasteiger partial charge is 0.265 e. The number of benzene rings is 4. The Bertz CT molecular complexity index is 1720. The minimum atomic E-state index is -3.72. The number of anilines is 1. The van der Waals surface area contributed by atoms with Gasteiger partial charge in [0, 0.05) is 41.8 Å². The maximum Gasteiger partial charge on any atom is 0.265 e. The van der Waals surface area contributed by atoms with E-state index in [0.29, 0.717) is 23.4 Å². The van der Waals surface area contributed by atoms with Crippen LogP contribution in [0.1, 0.15) is 44.2 Å². The maximum absolute atomic E-state index is 14.0. The van der Waals surface area contributed by atoms with Crippen LogP contribution in [0.5, 0.6) is 0 Å². The number of hydrogen-bond donors (Lipinski definition) is 1. The molecule has 0 saturated carbocycles. The molecule has 1 heterocycles. The zero-order valence-corrected chi connectivity index (χ0v) is 26.8. The maximum atomic E-state index is 14.0. The van der Waals surface area contributed by atoms with Crippen LogP contribution >= 0.6 is 15.9 Å². The monoisotopic (exact) mass is 661 g/mol. The first-order valence-corrected chi connectivity index (χ1v) is 16.8. The van der Waals surface area contributed by atoms with E-state index in [4.69, 9.17) is 0 Å². The molecule has 1 aliphatic heterocycles. The Morgan fingerprint density at radius 3 is 2.35 bits per heavy atom. The third-order valence-corrected chi connectivity index (χ3v) is 10.3. The molecule has 1 N–H and O–H groups in total. The summed E-state index contributed by atoms with van der Waals surface area (Å²) < 4.78 is 29.2. The number of nitrogens with zero attached hydrogens (tertiary/aromatic N) is 2. The van der Waals surface area contributed by atoms with Crippen molar-refractivity contribution in [3.8, 4) is 0 Å². The van der Waals surface area contributed by atoms with E-state index in [1.807, 2.05) is 92.7 Å². The molecule has 0 fully saturated rings. The summed E-state index contributed by atoms with van der Waals surface area (Å²) in [6.07, 6.45) is 1.53. The Hall–Kier alpha value is -3.69. The average Bonchev–Trinajstić information content (AvgIpc) is 3.22. The van der Waals surface area contributed by atoms with Crippen LogP contribution in [0.2, 0.25) is 0 Å². The van der Waals surface area contributed by atoms with Crippen molar-refractivity contribution in [2.24, 2.45) is 0 Å². The SMILES string of the molecule is CC[C@H](C)NC(=O)[C@H](Cc1ccccc1)N(Cc1cccc(Br)c1)C(=O)CCCN1c2cccc3cccc(c23)S1(=O)=O. The van der Waals surface area contributed by atoms with E-state index in [2.05, 4.69) is 21.2 Å². The van der Waals surface area contributed by atoms with Crippen molar-refractivity contribution in [2.45, 2.75) is 63.1 Å². The number of amides is 2. The second-order valence-corrected chi connectivity index (χ2v) is 13.7. The molecule has 2 atom stereocenters. The summed E-state index contributed by atoms with van der Waals surface area (Å²) in [6.45, 7) is 4.37. The third kappa shape index (κ3) is 6.78. The highest BCUT2D eigenvalue weighted by Gasteiger charge is 2.36. The minimum Gasteiger partial charge on any atom is -0.352 e. The predicted molar refractivity (Wildman–Crippen MR) is 174 cm³/mol.